The van der Waals surface area contributed by atoms with Crippen LogP contribution >= 0.6 is 0 Å². The summed E-state index contributed by atoms with van der Waals surface area (Å²) in [7, 11) is 0. The van der Waals surface area contributed by atoms with Crippen molar-refractivity contribution in [3.8, 4) is 0 Å². The maximum Gasteiger partial charge on any atom is 0.276 e. The molecule has 0 aliphatic carbocycles. The number of nitrogens with one attached hydrogen (secondary N) is 2. The smallest absolute Gasteiger partial charge is 0.276 e. The number of hydrazine groups is 1. The second-order valence-electron chi connectivity index (χ2n) is 5.87. The number of amides is 2. The van der Waals surface area contributed by atoms with Gasteiger partial charge in [0.15, 0.2) is 0 Å². The normalized spacial score (nSPS) is 16.3. The molecule has 5 nitrogen and oxygen atoms in total. The number of benzene rings is 2. The number of nitrogens with zero attached hydrogens (tertiary/aromatic N) is 1. The highest BCUT2D eigenvalue weighted by Crippen LogP contribution is 2.25. The number of hydrogen-bond donors (Lipinski definition) is 2. The molecule has 2 aromatic carbocycles. The van der Waals surface area contributed by atoms with Crippen LogP contribution in [0, 0.1) is 0 Å². The number of para-hydroxylation sites is 1. The summed E-state index contributed by atoms with van der Waals surface area (Å²) < 4.78 is 0. The van der Waals surface area contributed by atoms with Crippen molar-refractivity contribution in [3.63, 3.8) is 0 Å². The average molecular weight is 323 g/mol. The van der Waals surface area contributed by atoms with Gasteiger partial charge in [0.25, 0.3) is 5.91 Å². The first kappa shape index (κ1) is 16.1. The third kappa shape index (κ3) is 3.40. The van der Waals surface area contributed by atoms with Gasteiger partial charge in [-0.15, -0.1) is 0 Å². The molecule has 3 rings (SSSR count). The molecule has 0 radical (unpaired) electrons. The number of anilines is 1. The molecule has 5 heteroatoms. The molecule has 1 heterocycles. The maximum atomic E-state index is 12.8. The molecule has 124 valence electrons. The van der Waals surface area contributed by atoms with Crippen LogP contribution in [0.4, 0.5) is 5.69 Å². The lowest BCUT2D eigenvalue weighted by Crippen LogP contribution is -2.57. The van der Waals surface area contributed by atoms with E-state index < -0.39 is 0 Å². The lowest BCUT2D eigenvalue weighted by molar-refractivity contribution is -0.125. The Morgan fingerprint density at radius 1 is 1.12 bits per heavy atom. The standard InChI is InChI=1S/C19H21N3O2/c1-2-8-17-20-16-12-7-6-11-15(16)19(24)22(17)21-18(23)13-14-9-4-3-5-10-14/h3-7,9-12,17,20H,2,8,13H2,1H3,(H,21,23). The van der Waals surface area contributed by atoms with Gasteiger partial charge in [-0.05, 0) is 24.1 Å². The van der Waals surface area contributed by atoms with Crippen LogP contribution in [0.2, 0.25) is 0 Å². The summed E-state index contributed by atoms with van der Waals surface area (Å²) in [5.74, 6) is -0.374. The monoisotopic (exact) mass is 323 g/mol. The molecule has 1 atom stereocenters. The first-order valence-corrected chi connectivity index (χ1v) is 8.21. The van der Waals surface area contributed by atoms with E-state index in [1.54, 1.807) is 6.07 Å². The van der Waals surface area contributed by atoms with Gasteiger partial charge in [-0.25, -0.2) is 5.01 Å². The molecule has 0 saturated carbocycles. The predicted molar refractivity (Wildman–Crippen MR) is 93.2 cm³/mol. The van der Waals surface area contributed by atoms with Gasteiger partial charge in [0.2, 0.25) is 5.91 Å². The van der Waals surface area contributed by atoms with Crippen molar-refractivity contribution in [1.82, 2.24) is 10.4 Å². The Morgan fingerprint density at radius 2 is 1.83 bits per heavy atom. The zero-order chi connectivity index (χ0) is 16.9. The topological polar surface area (TPSA) is 61.4 Å². The second kappa shape index (κ2) is 7.17. The lowest BCUT2D eigenvalue weighted by Gasteiger charge is -2.37. The molecular formula is C19H21N3O2. The summed E-state index contributed by atoms with van der Waals surface area (Å²) in [6.07, 6.45) is 1.66. The summed E-state index contributed by atoms with van der Waals surface area (Å²) in [5.41, 5.74) is 5.08. The van der Waals surface area contributed by atoms with Gasteiger partial charge in [-0.2, -0.15) is 0 Å². The molecule has 0 saturated heterocycles. The van der Waals surface area contributed by atoms with E-state index in [9.17, 15) is 9.59 Å². The van der Waals surface area contributed by atoms with E-state index in [0.717, 1.165) is 24.1 Å². The largest absolute Gasteiger partial charge is 0.363 e. The van der Waals surface area contributed by atoms with Crippen LogP contribution < -0.4 is 10.7 Å². The molecule has 2 aromatic rings. The van der Waals surface area contributed by atoms with Crippen LogP contribution in [-0.2, 0) is 11.2 Å². The fourth-order valence-corrected chi connectivity index (χ4v) is 2.87. The highest BCUT2D eigenvalue weighted by Gasteiger charge is 2.32. The zero-order valence-corrected chi connectivity index (χ0v) is 13.7. The molecule has 2 amide bonds. The van der Waals surface area contributed by atoms with Crippen LogP contribution in [0.3, 0.4) is 0 Å². The Labute approximate surface area is 141 Å². The zero-order valence-electron chi connectivity index (χ0n) is 13.7. The summed E-state index contributed by atoms with van der Waals surface area (Å²) in [5, 5.41) is 4.77. The van der Waals surface area contributed by atoms with Crippen molar-refractivity contribution < 1.29 is 9.59 Å². The summed E-state index contributed by atoms with van der Waals surface area (Å²) >= 11 is 0. The Balaban J connectivity index is 1.77. The molecule has 0 spiro atoms. The number of fused-ring (bicyclic) bond motifs is 1. The minimum absolute atomic E-state index is 0.177. The quantitative estimate of drug-likeness (QED) is 0.889. The summed E-state index contributed by atoms with van der Waals surface area (Å²) in [6.45, 7) is 2.05. The van der Waals surface area contributed by atoms with E-state index in [0.29, 0.717) is 5.56 Å². The first-order chi connectivity index (χ1) is 11.7. The van der Waals surface area contributed by atoms with Crippen molar-refractivity contribution >= 4 is 17.5 Å². The van der Waals surface area contributed by atoms with E-state index in [2.05, 4.69) is 17.7 Å². The molecule has 0 fully saturated rings. The molecule has 1 unspecified atom stereocenters. The van der Waals surface area contributed by atoms with E-state index in [-0.39, 0.29) is 24.4 Å². The fourth-order valence-electron chi connectivity index (χ4n) is 2.87. The van der Waals surface area contributed by atoms with Crippen molar-refractivity contribution in [1.29, 1.82) is 0 Å². The molecule has 0 aromatic heterocycles. The predicted octanol–water partition coefficient (Wildman–Crippen LogP) is 2.95. The van der Waals surface area contributed by atoms with Crippen LogP contribution in [0.5, 0.6) is 0 Å². The highest BCUT2D eigenvalue weighted by atomic mass is 16.2. The van der Waals surface area contributed by atoms with Gasteiger partial charge < -0.3 is 5.32 Å². The lowest BCUT2D eigenvalue weighted by atomic mass is 10.1. The van der Waals surface area contributed by atoms with Crippen LogP contribution in [0.15, 0.2) is 54.6 Å². The van der Waals surface area contributed by atoms with Crippen molar-refractivity contribution in [2.75, 3.05) is 5.32 Å². The number of carbonyl (C=O) groups excluding carboxylic acids is 2. The van der Waals surface area contributed by atoms with Gasteiger partial charge in [0, 0.05) is 5.69 Å². The summed E-state index contributed by atoms with van der Waals surface area (Å²) in [6, 6.07) is 16.9. The van der Waals surface area contributed by atoms with Crippen molar-refractivity contribution in [3.05, 3.63) is 65.7 Å². The van der Waals surface area contributed by atoms with Crippen LogP contribution in [0.25, 0.3) is 0 Å². The average Bonchev–Trinajstić information content (AvgIpc) is 2.59. The van der Waals surface area contributed by atoms with Crippen LogP contribution in [0.1, 0.15) is 35.7 Å². The molecule has 24 heavy (non-hydrogen) atoms. The second-order valence-corrected chi connectivity index (χ2v) is 5.87. The van der Waals surface area contributed by atoms with Crippen LogP contribution in [-0.4, -0.2) is 23.0 Å². The van der Waals surface area contributed by atoms with E-state index in [4.69, 9.17) is 0 Å². The Hall–Kier alpha value is -2.82. The minimum atomic E-state index is -0.239. The minimum Gasteiger partial charge on any atom is -0.363 e. The molecule has 1 aliphatic rings. The highest BCUT2D eigenvalue weighted by molar-refractivity contribution is 6.02. The van der Waals surface area contributed by atoms with E-state index in [1.807, 2.05) is 48.5 Å². The van der Waals surface area contributed by atoms with Gasteiger partial charge in [0.05, 0.1) is 12.0 Å². The first-order valence-electron chi connectivity index (χ1n) is 8.21. The van der Waals surface area contributed by atoms with E-state index >= 15 is 0 Å². The number of carbonyl (C=O) groups is 2. The molecule has 2 N–H and O–H groups in total. The van der Waals surface area contributed by atoms with Gasteiger partial charge in [-0.3, -0.25) is 15.0 Å². The van der Waals surface area contributed by atoms with Crippen molar-refractivity contribution in [2.45, 2.75) is 32.4 Å². The maximum absolute atomic E-state index is 12.8. The van der Waals surface area contributed by atoms with Gasteiger partial charge in [0.1, 0.15) is 6.17 Å². The molecule has 1 aliphatic heterocycles. The Morgan fingerprint density at radius 3 is 2.58 bits per heavy atom. The van der Waals surface area contributed by atoms with Gasteiger partial charge >= 0.3 is 0 Å². The number of hydrogen-bond acceptors (Lipinski definition) is 3. The number of rotatable bonds is 5. The fraction of sp³-hybridized carbons (Fsp3) is 0.263. The Kier molecular flexibility index (Phi) is 4.79. The van der Waals surface area contributed by atoms with Gasteiger partial charge in [-0.1, -0.05) is 55.8 Å². The third-order valence-electron chi connectivity index (χ3n) is 4.02. The third-order valence-corrected chi connectivity index (χ3v) is 4.02. The summed E-state index contributed by atoms with van der Waals surface area (Å²) in [4.78, 5) is 25.1. The van der Waals surface area contributed by atoms with E-state index in [1.165, 1.54) is 5.01 Å². The molecular weight excluding hydrogens is 302 g/mol. The SMILES string of the molecule is CCCC1Nc2ccccc2C(=O)N1NC(=O)Cc1ccccc1. The van der Waals surface area contributed by atoms with Crippen molar-refractivity contribution in [2.24, 2.45) is 0 Å². The molecule has 0 bridgehead atoms. The Bertz CT molecular complexity index is 730.